The van der Waals surface area contributed by atoms with Crippen LogP contribution in [0.3, 0.4) is 0 Å². The lowest BCUT2D eigenvalue weighted by atomic mass is 9.96. The summed E-state index contributed by atoms with van der Waals surface area (Å²) in [5.74, 6) is -0.00635. The van der Waals surface area contributed by atoms with Crippen LogP contribution in [0.4, 0.5) is 0 Å². The van der Waals surface area contributed by atoms with Crippen LogP contribution in [0.25, 0.3) is 0 Å². The van der Waals surface area contributed by atoms with Crippen LogP contribution in [-0.4, -0.2) is 40.5 Å². The quantitative estimate of drug-likeness (QED) is 0.544. The number of hydrogen-bond acceptors (Lipinski definition) is 5. The first-order valence-corrected chi connectivity index (χ1v) is 10.5. The fourth-order valence-electron chi connectivity index (χ4n) is 1.85. The van der Waals surface area contributed by atoms with Crippen LogP contribution in [0, 0.1) is 5.41 Å². The van der Waals surface area contributed by atoms with E-state index in [1.54, 1.807) is 12.1 Å². The summed E-state index contributed by atoms with van der Waals surface area (Å²) >= 11 is 1.25. The second-order valence-electron chi connectivity index (χ2n) is 6.62. The predicted octanol–water partition coefficient (Wildman–Crippen LogP) is 1.73. The SMILES string of the molecule is CCCNCCNS(=O)(=O)c1ccc(CCNC(=O)C(C)(C)C)s1. The van der Waals surface area contributed by atoms with E-state index in [0.29, 0.717) is 30.3 Å². The van der Waals surface area contributed by atoms with Gasteiger partial charge in [-0.2, -0.15) is 0 Å². The molecular weight excluding hydrogens is 346 g/mol. The van der Waals surface area contributed by atoms with Gasteiger partial charge in [0.25, 0.3) is 0 Å². The Balaban J connectivity index is 2.45. The van der Waals surface area contributed by atoms with Gasteiger partial charge >= 0.3 is 0 Å². The molecule has 3 N–H and O–H groups in total. The van der Waals surface area contributed by atoms with Crippen molar-refractivity contribution in [3.63, 3.8) is 0 Å². The summed E-state index contributed by atoms with van der Waals surface area (Å²) in [6.45, 7) is 10.0. The van der Waals surface area contributed by atoms with E-state index < -0.39 is 15.4 Å². The van der Waals surface area contributed by atoms with Crippen molar-refractivity contribution in [3.05, 3.63) is 17.0 Å². The van der Waals surface area contributed by atoms with Gasteiger partial charge in [-0.3, -0.25) is 4.79 Å². The first-order chi connectivity index (χ1) is 11.2. The number of hydrogen-bond donors (Lipinski definition) is 3. The minimum Gasteiger partial charge on any atom is -0.355 e. The molecule has 0 spiro atoms. The van der Waals surface area contributed by atoms with Crippen LogP contribution >= 0.6 is 11.3 Å². The topological polar surface area (TPSA) is 87.3 Å². The first kappa shape index (κ1) is 21.1. The van der Waals surface area contributed by atoms with Gasteiger partial charge in [-0.15, -0.1) is 11.3 Å². The highest BCUT2D eigenvalue weighted by atomic mass is 32.2. The Kier molecular flexibility index (Phi) is 8.35. The molecular formula is C16H29N3O3S2. The third-order valence-corrected chi connectivity index (χ3v) is 6.36. The van der Waals surface area contributed by atoms with Crippen LogP contribution < -0.4 is 15.4 Å². The molecule has 1 amide bonds. The molecule has 1 heterocycles. The molecule has 24 heavy (non-hydrogen) atoms. The third-order valence-electron chi connectivity index (χ3n) is 3.26. The minimum atomic E-state index is -3.45. The van der Waals surface area contributed by atoms with Crippen LogP contribution in [0.5, 0.6) is 0 Å². The maximum absolute atomic E-state index is 12.2. The van der Waals surface area contributed by atoms with E-state index >= 15 is 0 Å². The van der Waals surface area contributed by atoms with Gasteiger partial charge < -0.3 is 10.6 Å². The first-order valence-electron chi connectivity index (χ1n) is 8.24. The number of rotatable bonds is 10. The molecule has 0 aromatic carbocycles. The molecule has 0 aliphatic rings. The van der Waals surface area contributed by atoms with Gasteiger partial charge in [-0.25, -0.2) is 13.1 Å². The Bertz CT molecular complexity index is 619. The van der Waals surface area contributed by atoms with E-state index in [0.717, 1.165) is 17.8 Å². The Labute approximate surface area is 149 Å². The van der Waals surface area contributed by atoms with Gasteiger partial charge in [-0.05, 0) is 31.5 Å². The number of nitrogens with one attached hydrogen (secondary N) is 3. The molecule has 0 unspecified atom stereocenters. The number of carbonyl (C=O) groups is 1. The smallest absolute Gasteiger partial charge is 0.250 e. The summed E-state index contributed by atoms with van der Waals surface area (Å²) in [6, 6.07) is 3.42. The zero-order valence-electron chi connectivity index (χ0n) is 14.9. The minimum absolute atomic E-state index is 0.00635. The summed E-state index contributed by atoms with van der Waals surface area (Å²) < 4.78 is 27.3. The maximum atomic E-state index is 12.2. The highest BCUT2D eigenvalue weighted by Crippen LogP contribution is 2.21. The Morgan fingerprint density at radius 3 is 2.46 bits per heavy atom. The van der Waals surface area contributed by atoms with Gasteiger partial charge in [0.2, 0.25) is 15.9 Å². The van der Waals surface area contributed by atoms with E-state index in [9.17, 15) is 13.2 Å². The van der Waals surface area contributed by atoms with Crippen molar-refractivity contribution in [1.82, 2.24) is 15.4 Å². The second kappa shape index (κ2) is 9.50. The standard InChI is InChI=1S/C16H29N3O3S2/c1-5-9-17-11-12-19-24(21,22)14-7-6-13(23-14)8-10-18-15(20)16(2,3)4/h6-7,17,19H,5,8-12H2,1-4H3,(H,18,20). The average molecular weight is 376 g/mol. The molecule has 0 radical (unpaired) electrons. The Morgan fingerprint density at radius 2 is 1.83 bits per heavy atom. The fourth-order valence-corrected chi connectivity index (χ4v) is 4.28. The number of carbonyl (C=O) groups excluding carboxylic acids is 1. The molecule has 1 aromatic rings. The maximum Gasteiger partial charge on any atom is 0.250 e. The monoisotopic (exact) mass is 375 g/mol. The normalized spacial score (nSPS) is 12.3. The molecule has 8 heteroatoms. The lowest BCUT2D eigenvalue weighted by Crippen LogP contribution is -2.35. The Hall–Kier alpha value is -0.960. The van der Waals surface area contributed by atoms with Gasteiger partial charge in [0.15, 0.2) is 0 Å². The molecule has 0 aliphatic heterocycles. The number of sulfonamides is 1. The van der Waals surface area contributed by atoms with Crippen LogP contribution in [0.2, 0.25) is 0 Å². The lowest BCUT2D eigenvalue weighted by Gasteiger charge is -2.17. The second-order valence-corrected chi connectivity index (χ2v) is 9.79. The summed E-state index contributed by atoms with van der Waals surface area (Å²) in [7, 11) is -3.45. The molecule has 0 saturated carbocycles. The number of amides is 1. The Morgan fingerprint density at radius 1 is 1.12 bits per heavy atom. The van der Waals surface area contributed by atoms with E-state index in [-0.39, 0.29) is 5.91 Å². The summed E-state index contributed by atoms with van der Waals surface area (Å²) in [4.78, 5) is 12.7. The van der Waals surface area contributed by atoms with Crippen molar-refractivity contribution in [1.29, 1.82) is 0 Å². The van der Waals surface area contributed by atoms with Crippen molar-refractivity contribution in [2.75, 3.05) is 26.2 Å². The molecule has 0 saturated heterocycles. The molecule has 1 rings (SSSR count). The molecule has 0 aliphatic carbocycles. The summed E-state index contributed by atoms with van der Waals surface area (Å²) in [5.41, 5.74) is -0.417. The van der Waals surface area contributed by atoms with Crippen LogP contribution in [-0.2, 0) is 21.2 Å². The van der Waals surface area contributed by atoms with Crippen molar-refractivity contribution >= 4 is 27.3 Å². The van der Waals surface area contributed by atoms with E-state index in [2.05, 4.69) is 22.3 Å². The molecule has 0 bridgehead atoms. The van der Waals surface area contributed by atoms with Crippen molar-refractivity contribution in [2.45, 2.75) is 44.7 Å². The van der Waals surface area contributed by atoms with Gasteiger partial charge in [-0.1, -0.05) is 27.7 Å². The molecule has 6 nitrogen and oxygen atoms in total. The van der Waals surface area contributed by atoms with E-state index in [1.807, 2.05) is 20.8 Å². The van der Waals surface area contributed by atoms with Crippen LogP contribution in [0.15, 0.2) is 16.3 Å². The summed E-state index contributed by atoms with van der Waals surface area (Å²) in [6.07, 6.45) is 1.65. The third kappa shape index (κ3) is 7.29. The fraction of sp³-hybridized carbons (Fsp3) is 0.688. The van der Waals surface area contributed by atoms with Crippen LogP contribution in [0.1, 0.15) is 39.0 Å². The van der Waals surface area contributed by atoms with Gasteiger partial charge in [0.1, 0.15) is 4.21 Å². The van der Waals surface area contributed by atoms with Gasteiger partial charge in [0, 0.05) is 29.9 Å². The van der Waals surface area contributed by atoms with Crippen molar-refractivity contribution < 1.29 is 13.2 Å². The van der Waals surface area contributed by atoms with Crippen molar-refractivity contribution in [3.8, 4) is 0 Å². The predicted molar refractivity (Wildman–Crippen MR) is 98.8 cm³/mol. The highest BCUT2D eigenvalue weighted by molar-refractivity contribution is 7.91. The molecule has 1 aromatic heterocycles. The largest absolute Gasteiger partial charge is 0.355 e. The van der Waals surface area contributed by atoms with Crippen molar-refractivity contribution in [2.24, 2.45) is 5.41 Å². The average Bonchev–Trinajstić information content (AvgIpc) is 2.95. The summed E-state index contributed by atoms with van der Waals surface area (Å²) in [5, 5.41) is 6.02. The molecule has 138 valence electrons. The van der Waals surface area contributed by atoms with Gasteiger partial charge in [0.05, 0.1) is 0 Å². The number of thiophene rings is 1. The van der Waals surface area contributed by atoms with E-state index in [4.69, 9.17) is 0 Å². The zero-order chi connectivity index (χ0) is 18.2. The molecule has 0 atom stereocenters. The highest BCUT2D eigenvalue weighted by Gasteiger charge is 2.20. The van der Waals surface area contributed by atoms with E-state index in [1.165, 1.54) is 11.3 Å². The zero-order valence-corrected chi connectivity index (χ0v) is 16.6. The lowest BCUT2D eigenvalue weighted by molar-refractivity contribution is -0.128. The molecule has 0 fully saturated rings.